The fraction of sp³-hybridized carbons (Fsp3) is 0.333. The Kier molecular flexibility index (Phi) is 2.40. The Morgan fingerprint density at radius 2 is 2.00 bits per heavy atom. The lowest BCUT2D eigenvalue weighted by molar-refractivity contribution is 0.944. The molecule has 2 rings (SSSR count). The molecule has 13 heavy (non-hydrogen) atoms. The van der Waals surface area contributed by atoms with E-state index in [1.54, 1.807) is 12.4 Å². The van der Waals surface area contributed by atoms with E-state index in [4.69, 9.17) is 0 Å². The Labute approximate surface area is 77.1 Å². The highest BCUT2D eigenvalue weighted by molar-refractivity contribution is 5.84. The molecular weight excluding hydrogens is 164 g/mol. The zero-order valence-corrected chi connectivity index (χ0v) is 7.33. The molecule has 0 saturated heterocycles. The van der Waals surface area contributed by atoms with Gasteiger partial charge in [0, 0.05) is 25.4 Å². The van der Waals surface area contributed by atoms with Gasteiger partial charge < -0.3 is 0 Å². The van der Waals surface area contributed by atoms with Gasteiger partial charge in [-0.3, -0.25) is 20.8 Å². The summed E-state index contributed by atoms with van der Waals surface area (Å²) in [5.74, 6) is 1.04. The summed E-state index contributed by atoms with van der Waals surface area (Å²) in [5.41, 5.74) is 7.14. The zero-order valence-electron chi connectivity index (χ0n) is 7.33. The maximum Gasteiger partial charge on any atom is 0.115 e. The average molecular weight is 176 g/mol. The first kappa shape index (κ1) is 8.04. The molecule has 2 N–H and O–H groups in total. The second kappa shape index (κ2) is 3.89. The smallest absolute Gasteiger partial charge is 0.115 e. The van der Waals surface area contributed by atoms with Crippen LogP contribution in [0.15, 0.2) is 29.5 Å². The van der Waals surface area contributed by atoms with Crippen LogP contribution in [0, 0.1) is 0 Å². The van der Waals surface area contributed by atoms with Crippen LogP contribution in [0.5, 0.6) is 0 Å². The molecule has 1 aliphatic heterocycles. The summed E-state index contributed by atoms with van der Waals surface area (Å²) in [5, 5.41) is 0. The first-order valence-electron chi connectivity index (χ1n) is 4.40. The van der Waals surface area contributed by atoms with Gasteiger partial charge in [0.15, 0.2) is 0 Å². The van der Waals surface area contributed by atoms with E-state index in [0.29, 0.717) is 0 Å². The summed E-state index contributed by atoms with van der Waals surface area (Å²) >= 11 is 0. The Bertz CT molecular complexity index is 294. The molecule has 4 heteroatoms. The van der Waals surface area contributed by atoms with Gasteiger partial charge in [0.05, 0.1) is 5.69 Å². The predicted molar refractivity (Wildman–Crippen MR) is 52.5 cm³/mol. The summed E-state index contributed by atoms with van der Waals surface area (Å²) in [6.45, 7) is 0.945. The number of aromatic nitrogens is 1. The van der Waals surface area contributed by atoms with Crippen LogP contribution in [0.1, 0.15) is 12.8 Å². The molecule has 4 nitrogen and oxygen atoms in total. The van der Waals surface area contributed by atoms with Gasteiger partial charge in [0.1, 0.15) is 5.84 Å². The van der Waals surface area contributed by atoms with E-state index in [9.17, 15) is 0 Å². The molecule has 0 aliphatic carbocycles. The molecule has 68 valence electrons. The van der Waals surface area contributed by atoms with Gasteiger partial charge in [-0.05, 0) is 18.6 Å². The van der Waals surface area contributed by atoms with E-state index in [1.165, 1.54) is 0 Å². The van der Waals surface area contributed by atoms with Crippen molar-refractivity contribution in [2.75, 3.05) is 12.0 Å². The maximum atomic E-state index is 4.28. The van der Waals surface area contributed by atoms with Crippen molar-refractivity contribution in [2.45, 2.75) is 12.8 Å². The monoisotopic (exact) mass is 176 g/mol. The van der Waals surface area contributed by atoms with Crippen molar-refractivity contribution in [3.8, 4) is 0 Å². The van der Waals surface area contributed by atoms with E-state index in [-0.39, 0.29) is 0 Å². The highest BCUT2D eigenvalue weighted by atomic mass is 15.4. The first-order chi connectivity index (χ1) is 6.45. The molecule has 0 aromatic carbocycles. The van der Waals surface area contributed by atoms with Crippen LogP contribution in [0.25, 0.3) is 0 Å². The SMILES string of the molecule is c1cc(NNC2=NCCC2)ccn1. The third-order valence-electron chi connectivity index (χ3n) is 1.91. The zero-order chi connectivity index (χ0) is 8.93. The van der Waals surface area contributed by atoms with Gasteiger partial charge in [-0.25, -0.2) is 0 Å². The highest BCUT2D eigenvalue weighted by Gasteiger charge is 2.03. The highest BCUT2D eigenvalue weighted by Crippen LogP contribution is 2.04. The molecule has 2 heterocycles. The standard InChI is InChI=1S/C9H12N4/c1-2-9(11-5-1)13-12-8-3-6-10-7-4-8/h3-4,6-7H,1-2,5H2,(H,10,12)(H,11,13). The second-order valence-electron chi connectivity index (χ2n) is 2.92. The summed E-state index contributed by atoms with van der Waals surface area (Å²) in [7, 11) is 0. The number of rotatable bonds is 2. The minimum Gasteiger partial charge on any atom is -0.300 e. The van der Waals surface area contributed by atoms with Crippen molar-refractivity contribution in [2.24, 2.45) is 4.99 Å². The Hall–Kier alpha value is -1.58. The third kappa shape index (κ3) is 2.18. The lowest BCUT2D eigenvalue weighted by Crippen LogP contribution is -2.27. The number of hydrogen-bond donors (Lipinski definition) is 2. The predicted octanol–water partition coefficient (Wildman–Crippen LogP) is 1.19. The average Bonchev–Trinajstić information content (AvgIpc) is 2.69. The minimum absolute atomic E-state index is 0.945. The molecule has 0 unspecified atom stereocenters. The van der Waals surface area contributed by atoms with Gasteiger partial charge in [0.25, 0.3) is 0 Å². The van der Waals surface area contributed by atoms with Crippen molar-refractivity contribution in [1.29, 1.82) is 0 Å². The number of hydrazine groups is 1. The van der Waals surface area contributed by atoms with Crippen LogP contribution < -0.4 is 10.9 Å². The van der Waals surface area contributed by atoms with E-state index in [1.807, 2.05) is 12.1 Å². The Morgan fingerprint density at radius 1 is 1.15 bits per heavy atom. The van der Waals surface area contributed by atoms with Crippen molar-refractivity contribution >= 4 is 11.5 Å². The molecule has 0 fully saturated rings. The van der Waals surface area contributed by atoms with Crippen LogP contribution in [-0.4, -0.2) is 17.4 Å². The van der Waals surface area contributed by atoms with Crippen molar-refractivity contribution in [3.63, 3.8) is 0 Å². The van der Waals surface area contributed by atoms with E-state index < -0.39 is 0 Å². The van der Waals surface area contributed by atoms with Crippen LogP contribution in [0.2, 0.25) is 0 Å². The third-order valence-corrected chi connectivity index (χ3v) is 1.91. The van der Waals surface area contributed by atoms with Crippen molar-refractivity contribution < 1.29 is 0 Å². The molecule has 1 aromatic rings. The van der Waals surface area contributed by atoms with Gasteiger partial charge in [-0.1, -0.05) is 0 Å². The molecule has 0 bridgehead atoms. The number of anilines is 1. The maximum absolute atomic E-state index is 4.28. The molecule has 0 saturated carbocycles. The van der Waals surface area contributed by atoms with Gasteiger partial charge in [0.2, 0.25) is 0 Å². The van der Waals surface area contributed by atoms with Crippen LogP contribution in [-0.2, 0) is 0 Å². The summed E-state index contributed by atoms with van der Waals surface area (Å²) in [4.78, 5) is 8.21. The molecule has 0 atom stereocenters. The summed E-state index contributed by atoms with van der Waals surface area (Å²) < 4.78 is 0. The molecule has 0 radical (unpaired) electrons. The van der Waals surface area contributed by atoms with Crippen LogP contribution >= 0.6 is 0 Å². The summed E-state index contributed by atoms with van der Waals surface area (Å²) in [6.07, 6.45) is 5.69. The van der Waals surface area contributed by atoms with Crippen molar-refractivity contribution in [3.05, 3.63) is 24.5 Å². The number of amidine groups is 1. The quantitative estimate of drug-likeness (QED) is 0.665. The number of aliphatic imine (C=N–C) groups is 1. The number of hydrogen-bond acceptors (Lipinski definition) is 4. The van der Waals surface area contributed by atoms with Gasteiger partial charge in [-0.15, -0.1) is 0 Å². The molecule has 0 amide bonds. The first-order valence-corrected chi connectivity index (χ1v) is 4.40. The summed E-state index contributed by atoms with van der Waals surface area (Å²) in [6, 6.07) is 3.81. The minimum atomic E-state index is 0.945. The number of pyridine rings is 1. The molecule has 0 spiro atoms. The number of nitrogens with one attached hydrogen (secondary N) is 2. The molecular formula is C9H12N4. The Balaban J connectivity index is 1.86. The fourth-order valence-electron chi connectivity index (χ4n) is 1.22. The molecule has 1 aromatic heterocycles. The van der Waals surface area contributed by atoms with Crippen LogP contribution in [0.4, 0.5) is 5.69 Å². The van der Waals surface area contributed by atoms with Crippen molar-refractivity contribution in [1.82, 2.24) is 10.4 Å². The van der Waals surface area contributed by atoms with Gasteiger partial charge >= 0.3 is 0 Å². The van der Waals surface area contributed by atoms with E-state index in [2.05, 4.69) is 20.8 Å². The fourth-order valence-corrected chi connectivity index (χ4v) is 1.22. The normalized spacial score (nSPS) is 15.2. The van der Waals surface area contributed by atoms with Gasteiger partial charge in [-0.2, -0.15) is 0 Å². The Morgan fingerprint density at radius 3 is 2.69 bits per heavy atom. The van der Waals surface area contributed by atoms with E-state index in [0.717, 1.165) is 30.9 Å². The lowest BCUT2D eigenvalue weighted by Gasteiger charge is -2.07. The topological polar surface area (TPSA) is 49.3 Å². The second-order valence-corrected chi connectivity index (χ2v) is 2.92. The molecule has 1 aliphatic rings. The van der Waals surface area contributed by atoms with Crippen LogP contribution in [0.3, 0.4) is 0 Å². The largest absolute Gasteiger partial charge is 0.300 e. The van der Waals surface area contributed by atoms with E-state index >= 15 is 0 Å². The lowest BCUT2D eigenvalue weighted by atomic mass is 10.3. The number of nitrogens with zero attached hydrogens (tertiary/aromatic N) is 2.